The van der Waals surface area contributed by atoms with Gasteiger partial charge in [0.2, 0.25) is 0 Å². The molecule has 1 saturated heterocycles. The smallest absolute Gasteiger partial charge is 0.340 e. The van der Waals surface area contributed by atoms with Crippen molar-refractivity contribution in [1.29, 1.82) is 5.26 Å². The molecule has 210 valence electrons. The van der Waals surface area contributed by atoms with Gasteiger partial charge in [0.05, 0.1) is 37.1 Å². The molecule has 0 amide bonds. The number of aromatic nitrogens is 1. The van der Waals surface area contributed by atoms with Gasteiger partial charge in [-0.2, -0.15) is 5.26 Å². The number of rotatable bonds is 7. The predicted molar refractivity (Wildman–Crippen MR) is 144 cm³/mol. The molecule has 1 aliphatic rings. The maximum absolute atomic E-state index is 13.7. The number of aromatic hydroxyl groups is 1. The van der Waals surface area contributed by atoms with E-state index >= 15 is 0 Å². The number of methoxy groups -OCH3 is 1. The molecule has 1 fully saturated rings. The van der Waals surface area contributed by atoms with E-state index in [2.05, 4.69) is 0 Å². The van der Waals surface area contributed by atoms with Gasteiger partial charge in [0.1, 0.15) is 35.1 Å². The molecule has 5 unspecified atom stereocenters. The van der Waals surface area contributed by atoms with Crippen molar-refractivity contribution >= 4 is 18.2 Å². The molecule has 3 aromatic rings. The van der Waals surface area contributed by atoms with Gasteiger partial charge in [-0.1, -0.05) is 48.6 Å². The molecular weight excluding hydrogens is 540 g/mol. The lowest BCUT2D eigenvalue weighted by atomic mass is 9.90. The van der Waals surface area contributed by atoms with Crippen LogP contribution in [0.5, 0.6) is 11.5 Å². The van der Waals surface area contributed by atoms with Gasteiger partial charge in [-0.25, -0.2) is 4.79 Å². The second-order valence-corrected chi connectivity index (χ2v) is 9.34. The Bertz CT molecular complexity index is 1500. The molecule has 12 heteroatoms. The molecule has 0 spiro atoms. The summed E-state index contributed by atoms with van der Waals surface area (Å²) in [6.45, 7) is 0.893. The first-order valence-electron chi connectivity index (χ1n) is 12.3. The summed E-state index contributed by atoms with van der Waals surface area (Å²) in [7, 11) is 1.38. The average Bonchev–Trinajstić information content (AvgIpc) is 2.96. The number of carbonyl (C=O) groups is 1. The van der Waals surface area contributed by atoms with Crippen LogP contribution >= 0.6 is 12.2 Å². The summed E-state index contributed by atoms with van der Waals surface area (Å²) in [5, 5.41) is 62.5. The quantitative estimate of drug-likeness (QED) is 0.209. The van der Waals surface area contributed by atoms with Crippen LogP contribution in [0.4, 0.5) is 0 Å². The van der Waals surface area contributed by atoms with Gasteiger partial charge in [-0.3, -0.25) is 0 Å². The SMILES string of the molecule is CCOC(=O)c1c(-c2ccc(OC)c(O)c2)c(C#N)c(=S)n(C2OC(CO)C(O)C(O)C2O)c1-c1ccccc1. The van der Waals surface area contributed by atoms with Gasteiger partial charge < -0.3 is 44.3 Å². The maximum Gasteiger partial charge on any atom is 0.340 e. The Balaban J connectivity index is 2.18. The normalized spacial score (nSPS) is 22.4. The first kappa shape index (κ1) is 29.2. The highest BCUT2D eigenvalue weighted by Crippen LogP contribution is 2.42. The number of carbonyl (C=O) groups excluding carboxylic acids is 1. The Labute approximate surface area is 234 Å². The van der Waals surface area contributed by atoms with Crippen LogP contribution in [0.15, 0.2) is 48.5 Å². The van der Waals surface area contributed by atoms with E-state index in [0.29, 0.717) is 5.56 Å². The highest BCUT2D eigenvalue weighted by Gasteiger charge is 2.46. The van der Waals surface area contributed by atoms with Crippen LogP contribution in [0.25, 0.3) is 22.4 Å². The van der Waals surface area contributed by atoms with Crippen molar-refractivity contribution in [1.82, 2.24) is 4.57 Å². The summed E-state index contributed by atoms with van der Waals surface area (Å²) in [6, 6.07) is 14.8. The maximum atomic E-state index is 13.7. The molecular formula is C28H28N2O9S. The minimum Gasteiger partial charge on any atom is -0.504 e. The zero-order valence-electron chi connectivity index (χ0n) is 21.6. The van der Waals surface area contributed by atoms with Crippen LogP contribution in [-0.4, -0.2) is 80.8 Å². The van der Waals surface area contributed by atoms with Crippen molar-refractivity contribution in [2.45, 2.75) is 37.6 Å². The molecule has 11 nitrogen and oxygen atoms in total. The number of esters is 1. The van der Waals surface area contributed by atoms with E-state index in [1.807, 2.05) is 6.07 Å². The third kappa shape index (κ3) is 5.06. The summed E-state index contributed by atoms with van der Waals surface area (Å²) in [5.74, 6) is -0.929. The third-order valence-electron chi connectivity index (χ3n) is 6.64. The fourth-order valence-corrected chi connectivity index (χ4v) is 5.09. The molecule has 1 aromatic heterocycles. The number of benzene rings is 2. The summed E-state index contributed by atoms with van der Waals surface area (Å²) in [4.78, 5) is 13.7. The van der Waals surface area contributed by atoms with E-state index in [0.717, 1.165) is 0 Å². The molecule has 4 rings (SSSR count). The molecule has 40 heavy (non-hydrogen) atoms. The van der Waals surface area contributed by atoms with Gasteiger partial charge >= 0.3 is 5.97 Å². The second-order valence-electron chi connectivity index (χ2n) is 8.95. The molecule has 2 heterocycles. The molecule has 5 atom stereocenters. The summed E-state index contributed by atoms with van der Waals surface area (Å²) in [6.07, 6.45) is -7.99. The first-order chi connectivity index (χ1) is 19.2. The standard InChI is InChI=1S/C28H28N2O9S/c1-3-38-28(36)21-20(15-9-10-18(37-2)17(32)11-15)16(12-29)27(40)30(22(21)14-7-5-4-6-8-14)26-25(35)24(34)23(33)19(13-31)39-26/h4-11,19,23-26,31-35H,3,13H2,1-2H3. The zero-order valence-corrected chi connectivity index (χ0v) is 22.4. The van der Waals surface area contributed by atoms with Crippen LogP contribution in [-0.2, 0) is 9.47 Å². The van der Waals surface area contributed by atoms with Gasteiger partial charge in [-0.15, -0.1) is 0 Å². The number of pyridine rings is 1. The van der Waals surface area contributed by atoms with Crippen molar-refractivity contribution < 1.29 is 44.5 Å². The van der Waals surface area contributed by atoms with Gasteiger partial charge in [-0.05, 0) is 30.2 Å². The molecule has 0 aliphatic carbocycles. The number of aliphatic hydroxyl groups excluding tert-OH is 4. The number of phenolic OH excluding ortho intramolecular Hbond substituents is 1. The van der Waals surface area contributed by atoms with Crippen LogP contribution in [0.2, 0.25) is 0 Å². The molecule has 5 N–H and O–H groups in total. The fraction of sp³-hybridized carbons (Fsp3) is 0.321. The van der Waals surface area contributed by atoms with Crippen LogP contribution in [0.3, 0.4) is 0 Å². The molecule has 0 bridgehead atoms. The van der Waals surface area contributed by atoms with E-state index in [4.69, 9.17) is 26.4 Å². The first-order valence-corrected chi connectivity index (χ1v) is 12.7. The van der Waals surface area contributed by atoms with Gasteiger partial charge in [0.25, 0.3) is 0 Å². The van der Waals surface area contributed by atoms with Crippen LogP contribution in [0, 0.1) is 16.0 Å². The highest BCUT2D eigenvalue weighted by molar-refractivity contribution is 7.71. The number of nitriles is 1. The number of hydrogen-bond acceptors (Lipinski definition) is 11. The summed E-state index contributed by atoms with van der Waals surface area (Å²) < 4.78 is 17.4. The molecule has 2 aromatic carbocycles. The highest BCUT2D eigenvalue weighted by atomic mass is 32.1. The zero-order chi connectivity index (χ0) is 29.1. The minimum atomic E-state index is -1.77. The third-order valence-corrected chi connectivity index (χ3v) is 7.04. The number of aliphatic hydroxyl groups is 4. The topological polar surface area (TPSA) is 175 Å². The van der Waals surface area contributed by atoms with Crippen LogP contribution in [0.1, 0.15) is 29.1 Å². The molecule has 1 aliphatic heterocycles. The Morgan fingerprint density at radius 2 is 1.80 bits per heavy atom. The molecule has 0 saturated carbocycles. The lowest BCUT2D eigenvalue weighted by Gasteiger charge is -2.42. The van der Waals surface area contributed by atoms with Crippen LogP contribution < -0.4 is 4.74 Å². The second kappa shape index (κ2) is 12.1. The number of ether oxygens (including phenoxy) is 3. The fourth-order valence-electron chi connectivity index (χ4n) is 4.75. The number of phenols is 1. The lowest BCUT2D eigenvalue weighted by molar-refractivity contribution is -0.251. The van der Waals surface area contributed by atoms with Gasteiger partial charge in [0.15, 0.2) is 17.7 Å². The number of hydrogen-bond donors (Lipinski definition) is 5. The predicted octanol–water partition coefficient (Wildman–Crippen LogP) is 2.29. The van der Waals surface area contributed by atoms with E-state index in [1.165, 1.54) is 23.8 Å². The van der Waals surface area contributed by atoms with Crippen molar-refractivity contribution in [2.75, 3.05) is 20.3 Å². The average molecular weight is 569 g/mol. The van der Waals surface area contributed by atoms with Crippen molar-refractivity contribution in [3.8, 4) is 40.0 Å². The monoisotopic (exact) mass is 568 g/mol. The number of nitrogens with zero attached hydrogens (tertiary/aromatic N) is 2. The van der Waals surface area contributed by atoms with E-state index in [1.54, 1.807) is 43.3 Å². The van der Waals surface area contributed by atoms with Crippen molar-refractivity contribution in [3.63, 3.8) is 0 Å². The minimum absolute atomic E-state index is 0.0159. The van der Waals surface area contributed by atoms with Gasteiger partial charge in [0, 0.05) is 5.56 Å². The van der Waals surface area contributed by atoms with E-state index in [9.17, 15) is 35.6 Å². The molecule has 0 radical (unpaired) electrons. The Hall–Kier alpha value is -3.83. The lowest BCUT2D eigenvalue weighted by Crippen LogP contribution is -2.56. The summed E-state index contributed by atoms with van der Waals surface area (Å²) >= 11 is 5.74. The van der Waals surface area contributed by atoms with Crippen molar-refractivity contribution in [2.24, 2.45) is 0 Å². The largest absolute Gasteiger partial charge is 0.504 e. The Morgan fingerprint density at radius 1 is 1.10 bits per heavy atom. The van der Waals surface area contributed by atoms with E-state index < -0.39 is 43.2 Å². The Kier molecular flexibility index (Phi) is 8.85. The Morgan fingerprint density at radius 3 is 2.38 bits per heavy atom. The van der Waals surface area contributed by atoms with Crippen molar-refractivity contribution in [3.05, 3.63) is 64.3 Å². The van der Waals surface area contributed by atoms with E-state index in [-0.39, 0.29) is 50.7 Å². The summed E-state index contributed by atoms with van der Waals surface area (Å²) in [5.41, 5.74) is 0.500.